The van der Waals surface area contributed by atoms with Crippen LogP contribution in [0.4, 0.5) is 5.82 Å². The van der Waals surface area contributed by atoms with Crippen molar-refractivity contribution in [3.63, 3.8) is 0 Å². The minimum absolute atomic E-state index is 0.438. The van der Waals surface area contributed by atoms with Crippen LogP contribution in [-0.4, -0.2) is 31.4 Å². The van der Waals surface area contributed by atoms with E-state index in [1.165, 1.54) is 11.1 Å². The lowest BCUT2D eigenvalue weighted by Crippen LogP contribution is -2.38. The number of anilines is 1. The third kappa shape index (κ3) is 4.92. The van der Waals surface area contributed by atoms with Crippen molar-refractivity contribution >= 4 is 11.5 Å². The van der Waals surface area contributed by atoms with Gasteiger partial charge in [0.1, 0.15) is 6.10 Å². The maximum atomic E-state index is 10.5. The number of benzene rings is 2. The van der Waals surface area contributed by atoms with Crippen LogP contribution in [0.25, 0.3) is 5.65 Å². The molecule has 0 saturated heterocycles. The molecule has 1 N–H and O–H groups in total. The molecule has 2 aromatic carbocycles. The number of aliphatic hydroxyl groups is 1. The second kappa shape index (κ2) is 9.01. The molecular weight excluding hydrogens is 400 g/mol. The number of aryl methyl sites for hydroxylation is 1. The average molecular weight is 431 g/mol. The highest BCUT2D eigenvalue weighted by molar-refractivity contribution is 5.60. The zero-order valence-electron chi connectivity index (χ0n) is 19.1. The fourth-order valence-corrected chi connectivity index (χ4v) is 3.46. The van der Waals surface area contributed by atoms with Gasteiger partial charge in [-0.15, -0.1) is 0 Å². The van der Waals surface area contributed by atoms with Crippen LogP contribution >= 0.6 is 0 Å². The molecule has 6 heteroatoms. The predicted octanol–water partition coefficient (Wildman–Crippen LogP) is 4.78. The molecule has 2 heterocycles. The van der Waals surface area contributed by atoms with Crippen molar-refractivity contribution in [2.75, 3.05) is 4.90 Å². The van der Waals surface area contributed by atoms with E-state index >= 15 is 0 Å². The second-order valence-electron chi connectivity index (χ2n) is 8.77. The summed E-state index contributed by atoms with van der Waals surface area (Å²) >= 11 is 0. The summed E-state index contributed by atoms with van der Waals surface area (Å²) in [6.45, 7) is 8.68. The van der Waals surface area contributed by atoms with E-state index in [9.17, 15) is 5.11 Å². The quantitative estimate of drug-likeness (QED) is 0.436. The topological polar surface area (TPSA) is 62.9 Å². The first-order chi connectivity index (χ1) is 15.3. The van der Waals surface area contributed by atoms with Crippen molar-refractivity contribution in [3.8, 4) is 5.75 Å². The zero-order valence-corrected chi connectivity index (χ0v) is 19.1. The van der Waals surface area contributed by atoms with Crippen LogP contribution in [0, 0.1) is 6.92 Å². The van der Waals surface area contributed by atoms with E-state index in [0.29, 0.717) is 18.8 Å². The van der Waals surface area contributed by atoms with Gasteiger partial charge in [-0.3, -0.25) is 0 Å². The first-order valence-electron chi connectivity index (χ1n) is 10.9. The Morgan fingerprint density at radius 3 is 2.09 bits per heavy atom. The van der Waals surface area contributed by atoms with Gasteiger partial charge >= 0.3 is 0 Å². The molecule has 0 radical (unpaired) electrons. The molecule has 0 fully saturated rings. The molecule has 1 unspecified atom stereocenters. The first kappa shape index (κ1) is 21.8. The fourth-order valence-electron chi connectivity index (χ4n) is 3.46. The number of hydrogen-bond donors (Lipinski definition) is 1. The molecule has 2 aromatic heterocycles. The molecule has 0 aliphatic heterocycles. The highest BCUT2D eigenvalue weighted by Gasteiger charge is 2.27. The molecule has 166 valence electrons. The highest BCUT2D eigenvalue weighted by Crippen LogP contribution is 2.32. The summed E-state index contributed by atoms with van der Waals surface area (Å²) in [4.78, 5) is 7.19. The van der Waals surface area contributed by atoms with E-state index in [1.54, 1.807) is 24.6 Å². The van der Waals surface area contributed by atoms with Crippen molar-refractivity contribution in [2.24, 2.45) is 0 Å². The van der Waals surface area contributed by atoms with Crippen LogP contribution in [0.2, 0.25) is 0 Å². The van der Waals surface area contributed by atoms with E-state index < -0.39 is 11.7 Å². The standard InChI is InChI=1S/C26H30N4O2/c1-19-15-27-30-18-23(32-20(2)26(3,4)31)25(28-24(19)30)29(16-21-11-7-5-8-12-21)17-22-13-9-6-10-14-22/h5-15,18,20,31H,16-17H2,1-4H3. The van der Waals surface area contributed by atoms with E-state index in [1.807, 2.05) is 56.4 Å². The lowest BCUT2D eigenvalue weighted by molar-refractivity contribution is -0.0242. The lowest BCUT2D eigenvalue weighted by atomic mass is 10.0. The molecular formula is C26H30N4O2. The number of nitrogens with zero attached hydrogens (tertiary/aromatic N) is 4. The van der Waals surface area contributed by atoms with E-state index in [-0.39, 0.29) is 0 Å². The lowest BCUT2D eigenvalue weighted by Gasteiger charge is -2.30. The van der Waals surface area contributed by atoms with Crippen molar-refractivity contribution in [2.45, 2.75) is 52.5 Å². The number of aromatic nitrogens is 3. The van der Waals surface area contributed by atoms with E-state index in [2.05, 4.69) is 34.3 Å². The number of ether oxygens (including phenoxy) is 1. The third-order valence-electron chi connectivity index (χ3n) is 5.65. The van der Waals surface area contributed by atoms with Gasteiger partial charge in [0.15, 0.2) is 17.2 Å². The van der Waals surface area contributed by atoms with Crippen LogP contribution in [0.15, 0.2) is 73.1 Å². The largest absolute Gasteiger partial charge is 0.482 e. The van der Waals surface area contributed by atoms with Gasteiger partial charge in [0, 0.05) is 18.7 Å². The number of hydrogen-bond acceptors (Lipinski definition) is 5. The van der Waals surface area contributed by atoms with Gasteiger partial charge in [-0.25, -0.2) is 9.50 Å². The minimum atomic E-state index is -1.00. The number of fused-ring (bicyclic) bond motifs is 1. The SMILES string of the molecule is Cc1cnn2cc(OC(C)C(C)(C)O)c(N(Cc3ccccc3)Cc3ccccc3)nc12. The van der Waals surface area contributed by atoms with E-state index in [0.717, 1.165) is 17.0 Å². The molecule has 0 aliphatic rings. The molecule has 0 bridgehead atoms. The smallest absolute Gasteiger partial charge is 0.180 e. The van der Waals surface area contributed by atoms with Crippen LogP contribution in [0.5, 0.6) is 5.75 Å². The summed E-state index contributed by atoms with van der Waals surface area (Å²) in [5.41, 5.74) is 3.13. The summed E-state index contributed by atoms with van der Waals surface area (Å²) in [7, 11) is 0. The molecule has 6 nitrogen and oxygen atoms in total. The monoisotopic (exact) mass is 430 g/mol. The van der Waals surface area contributed by atoms with Crippen molar-refractivity contribution in [1.82, 2.24) is 14.6 Å². The maximum absolute atomic E-state index is 10.5. The van der Waals surface area contributed by atoms with Crippen LogP contribution in [-0.2, 0) is 13.1 Å². The van der Waals surface area contributed by atoms with Gasteiger partial charge in [-0.1, -0.05) is 60.7 Å². The Hall–Kier alpha value is -3.38. The Morgan fingerprint density at radius 2 is 1.56 bits per heavy atom. The average Bonchev–Trinajstić information content (AvgIpc) is 3.13. The van der Waals surface area contributed by atoms with Gasteiger partial charge in [-0.2, -0.15) is 5.10 Å². The van der Waals surface area contributed by atoms with Crippen LogP contribution < -0.4 is 9.64 Å². The molecule has 0 amide bonds. The summed E-state index contributed by atoms with van der Waals surface area (Å²) in [5, 5.41) is 14.9. The fraction of sp³-hybridized carbons (Fsp3) is 0.308. The first-order valence-corrected chi connectivity index (χ1v) is 10.9. The Morgan fingerprint density at radius 1 is 1.00 bits per heavy atom. The number of rotatable bonds is 8. The van der Waals surface area contributed by atoms with Crippen LogP contribution in [0.1, 0.15) is 37.5 Å². The molecule has 0 spiro atoms. The van der Waals surface area contributed by atoms with Gasteiger partial charge in [-0.05, 0) is 38.8 Å². The molecule has 1 atom stereocenters. The maximum Gasteiger partial charge on any atom is 0.180 e. The van der Waals surface area contributed by atoms with Crippen molar-refractivity contribution in [1.29, 1.82) is 0 Å². The van der Waals surface area contributed by atoms with Crippen molar-refractivity contribution in [3.05, 3.63) is 89.7 Å². The molecule has 4 rings (SSSR count). The summed E-state index contributed by atoms with van der Waals surface area (Å²) in [6, 6.07) is 20.7. The third-order valence-corrected chi connectivity index (χ3v) is 5.65. The Balaban J connectivity index is 1.81. The van der Waals surface area contributed by atoms with Crippen LogP contribution in [0.3, 0.4) is 0 Å². The Labute approximate surface area is 189 Å². The molecule has 0 saturated carbocycles. The van der Waals surface area contributed by atoms with E-state index in [4.69, 9.17) is 9.72 Å². The van der Waals surface area contributed by atoms with Gasteiger partial charge < -0.3 is 14.7 Å². The van der Waals surface area contributed by atoms with Gasteiger partial charge in [0.05, 0.1) is 18.0 Å². The van der Waals surface area contributed by atoms with Gasteiger partial charge in [0.2, 0.25) is 0 Å². The predicted molar refractivity (Wildman–Crippen MR) is 127 cm³/mol. The highest BCUT2D eigenvalue weighted by atomic mass is 16.5. The minimum Gasteiger partial charge on any atom is -0.482 e. The Bertz CT molecular complexity index is 1130. The summed E-state index contributed by atoms with van der Waals surface area (Å²) < 4.78 is 8.00. The summed E-state index contributed by atoms with van der Waals surface area (Å²) in [5.74, 6) is 1.31. The van der Waals surface area contributed by atoms with Crippen molar-refractivity contribution < 1.29 is 9.84 Å². The Kier molecular flexibility index (Phi) is 6.15. The molecule has 0 aliphatic carbocycles. The zero-order chi connectivity index (χ0) is 22.7. The van der Waals surface area contributed by atoms with Gasteiger partial charge in [0.25, 0.3) is 0 Å². The molecule has 32 heavy (non-hydrogen) atoms. The summed E-state index contributed by atoms with van der Waals surface area (Å²) in [6.07, 6.45) is 3.22. The normalized spacial score (nSPS) is 12.7. The second-order valence-corrected chi connectivity index (χ2v) is 8.77. The molecule has 4 aromatic rings.